The van der Waals surface area contributed by atoms with Crippen molar-refractivity contribution >= 4 is 11.3 Å². The molecule has 0 spiro atoms. The third kappa shape index (κ3) is 2.07. The van der Waals surface area contributed by atoms with Crippen LogP contribution in [0.1, 0.15) is 5.69 Å². The van der Waals surface area contributed by atoms with Gasteiger partial charge >= 0.3 is 0 Å². The Morgan fingerprint density at radius 3 is 2.52 bits per heavy atom. The highest BCUT2D eigenvalue weighted by atomic mass is 16.5. The van der Waals surface area contributed by atoms with Crippen molar-refractivity contribution in [3.05, 3.63) is 42.2 Å². The Morgan fingerprint density at radius 2 is 1.86 bits per heavy atom. The van der Waals surface area contributed by atoms with Gasteiger partial charge < -0.3 is 19.6 Å². The highest BCUT2D eigenvalue weighted by Gasteiger charge is 2.14. The first kappa shape index (κ1) is 13.3. The van der Waals surface area contributed by atoms with E-state index in [1.165, 1.54) is 0 Å². The van der Waals surface area contributed by atoms with E-state index < -0.39 is 0 Å². The second-order valence-electron chi connectivity index (χ2n) is 4.77. The Hall–Kier alpha value is -2.69. The van der Waals surface area contributed by atoms with Gasteiger partial charge in [0, 0.05) is 17.5 Å². The first-order valence-corrected chi connectivity index (χ1v) is 6.61. The van der Waals surface area contributed by atoms with Crippen molar-refractivity contribution in [2.75, 3.05) is 20.0 Å². The lowest BCUT2D eigenvalue weighted by Gasteiger charge is -2.08. The van der Waals surface area contributed by atoms with E-state index in [0.29, 0.717) is 17.2 Å². The summed E-state index contributed by atoms with van der Waals surface area (Å²) >= 11 is 0. The molecule has 108 valence electrons. The molecular weight excluding hydrogens is 266 g/mol. The minimum Gasteiger partial charge on any atom is -0.493 e. The lowest BCUT2D eigenvalue weighted by Crippen LogP contribution is -1.92. The molecule has 0 aliphatic carbocycles. The van der Waals surface area contributed by atoms with Crippen LogP contribution in [0.15, 0.2) is 36.5 Å². The van der Waals surface area contributed by atoms with E-state index in [0.717, 1.165) is 22.6 Å². The smallest absolute Gasteiger partial charge is 0.161 e. The van der Waals surface area contributed by atoms with Crippen LogP contribution in [0.4, 0.5) is 5.69 Å². The van der Waals surface area contributed by atoms with Crippen LogP contribution in [-0.2, 0) is 0 Å². The van der Waals surface area contributed by atoms with E-state index in [-0.39, 0.29) is 0 Å². The summed E-state index contributed by atoms with van der Waals surface area (Å²) in [5, 5.41) is 0. The zero-order valence-electron chi connectivity index (χ0n) is 12.3. The number of methoxy groups -OCH3 is 2. The van der Waals surface area contributed by atoms with Crippen molar-refractivity contribution in [2.45, 2.75) is 6.92 Å². The molecule has 0 radical (unpaired) electrons. The number of aromatic nitrogens is 2. The fraction of sp³-hybridized carbons (Fsp3) is 0.188. The molecule has 0 aliphatic heterocycles. The first-order valence-electron chi connectivity index (χ1n) is 6.61. The number of hydrogen-bond acceptors (Lipinski definition) is 4. The zero-order chi connectivity index (χ0) is 15.0. The van der Waals surface area contributed by atoms with Gasteiger partial charge in [0.05, 0.1) is 25.6 Å². The van der Waals surface area contributed by atoms with E-state index >= 15 is 0 Å². The Labute approximate surface area is 122 Å². The highest BCUT2D eigenvalue weighted by molar-refractivity contribution is 5.74. The standard InChI is InChI=1S/C16H17N3O2/c1-10-15(18-16-12(17)5-4-8-19(10)16)11-6-7-13(20-2)14(9-11)21-3/h4-9H,17H2,1-3H3. The number of fused-ring (bicyclic) bond motifs is 1. The van der Waals surface area contributed by atoms with Crippen molar-refractivity contribution in [3.63, 3.8) is 0 Å². The second kappa shape index (κ2) is 5.01. The van der Waals surface area contributed by atoms with Crippen LogP contribution >= 0.6 is 0 Å². The third-order valence-electron chi connectivity index (χ3n) is 3.58. The predicted molar refractivity (Wildman–Crippen MR) is 82.9 cm³/mol. The van der Waals surface area contributed by atoms with Crippen LogP contribution in [0.2, 0.25) is 0 Å². The van der Waals surface area contributed by atoms with E-state index in [9.17, 15) is 0 Å². The van der Waals surface area contributed by atoms with Crippen LogP contribution in [0.5, 0.6) is 11.5 Å². The molecule has 0 bridgehead atoms. The van der Waals surface area contributed by atoms with Gasteiger partial charge in [-0.1, -0.05) is 0 Å². The minimum atomic E-state index is 0.660. The van der Waals surface area contributed by atoms with Crippen LogP contribution in [0.3, 0.4) is 0 Å². The maximum atomic E-state index is 5.99. The molecule has 0 saturated carbocycles. The van der Waals surface area contributed by atoms with E-state index in [1.54, 1.807) is 14.2 Å². The fourth-order valence-corrected chi connectivity index (χ4v) is 2.46. The molecule has 0 atom stereocenters. The van der Waals surface area contributed by atoms with Gasteiger partial charge in [-0.25, -0.2) is 4.98 Å². The Balaban J connectivity index is 2.21. The molecule has 2 aromatic heterocycles. The number of hydrogen-bond donors (Lipinski definition) is 1. The van der Waals surface area contributed by atoms with Crippen molar-refractivity contribution in [3.8, 4) is 22.8 Å². The summed E-state index contributed by atoms with van der Waals surface area (Å²) in [6.45, 7) is 2.02. The molecule has 5 nitrogen and oxygen atoms in total. The highest BCUT2D eigenvalue weighted by Crippen LogP contribution is 2.33. The zero-order valence-corrected chi connectivity index (χ0v) is 12.3. The molecule has 0 aliphatic rings. The maximum absolute atomic E-state index is 5.99. The fourth-order valence-electron chi connectivity index (χ4n) is 2.46. The number of imidazole rings is 1. The number of benzene rings is 1. The molecule has 1 aromatic carbocycles. The summed E-state index contributed by atoms with van der Waals surface area (Å²) < 4.78 is 12.6. The third-order valence-corrected chi connectivity index (χ3v) is 3.58. The Kier molecular flexibility index (Phi) is 3.17. The summed E-state index contributed by atoms with van der Waals surface area (Å²) in [6.07, 6.45) is 1.96. The molecule has 0 fully saturated rings. The van der Waals surface area contributed by atoms with Crippen LogP contribution in [0, 0.1) is 6.92 Å². The number of pyridine rings is 1. The van der Waals surface area contributed by atoms with E-state index in [2.05, 4.69) is 4.98 Å². The topological polar surface area (TPSA) is 61.8 Å². The first-order chi connectivity index (χ1) is 10.2. The average Bonchev–Trinajstić information content (AvgIpc) is 2.85. The van der Waals surface area contributed by atoms with Gasteiger partial charge in [0.15, 0.2) is 17.1 Å². The summed E-state index contributed by atoms with van der Waals surface area (Å²) in [4.78, 5) is 4.65. The SMILES string of the molecule is COc1ccc(-c2nc3c(N)cccn3c2C)cc1OC. The average molecular weight is 283 g/mol. The van der Waals surface area contributed by atoms with Gasteiger partial charge in [0.2, 0.25) is 0 Å². The van der Waals surface area contributed by atoms with Gasteiger partial charge in [0.1, 0.15) is 0 Å². The molecular formula is C16H17N3O2. The normalized spacial score (nSPS) is 10.8. The molecule has 3 aromatic rings. The monoisotopic (exact) mass is 283 g/mol. The second-order valence-corrected chi connectivity index (χ2v) is 4.77. The number of aryl methyl sites for hydroxylation is 1. The molecule has 2 N–H and O–H groups in total. The minimum absolute atomic E-state index is 0.660. The number of nitrogens with two attached hydrogens (primary N) is 1. The molecule has 2 heterocycles. The van der Waals surface area contributed by atoms with Crippen molar-refractivity contribution in [1.29, 1.82) is 0 Å². The predicted octanol–water partition coefficient (Wildman–Crippen LogP) is 2.91. The summed E-state index contributed by atoms with van der Waals surface area (Å²) in [6, 6.07) is 9.52. The van der Waals surface area contributed by atoms with E-state index in [4.69, 9.17) is 15.2 Å². The molecule has 0 saturated heterocycles. The number of ether oxygens (including phenoxy) is 2. The summed E-state index contributed by atoms with van der Waals surface area (Å²) in [5.41, 5.74) is 10.3. The number of anilines is 1. The molecule has 3 rings (SSSR count). The van der Waals surface area contributed by atoms with Gasteiger partial charge in [-0.2, -0.15) is 0 Å². The lowest BCUT2D eigenvalue weighted by atomic mass is 10.1. The molecule has 5 heteroatoms. The van der Waals surface area contributed by atoms with Crippen LogP contribution in [0.25, 0.3) is 16.9 Å². The molecule has 21 heavy (non-hydrogen) atoms. The summed E-state index contributed by atoms with van der Waals surface area (Å²) in [7, 11) is 3.24. The van der Waals surface area contributed by atoms with Gasteiger partial charge in [-0.3, -0.25) is 0 Å². The van der Waals surface area contributed by atoms with E-state index in [1.807, 2.05) is 47.9 Å². The number of nitrogens with zero attached hydrogens (tertiary/aromatic N) is 2. The number of rotatable bonds is 3. The van der Waals surface area contributed by atoms with Crippen LogP contribution in [-0.4, -0.2) is 23.6 Å². The van der Waals surface area contributed by atoms with Gasteiger partial charge in [-0.05, 0) is 37.3 Å². The van der Waals surface area contributed by atoms with Crippen molar-refractivity contribution in [1.82, 2.24) is 9.38 Å². The van der Waals surface area contributed by atoms with Crippen LogP contribution < -0.4 is 15.2 Å². The maximum Gasteiger partial charge on any atom is 0.161 e. The Morgan fingerprint density at radius 1 is 1.10 bits per heavy atom. The number of nitrogen functional groups attached to an aromatic ring is 1. The van der Waals surface area contributed by atoms with Gasteiger partial charge in [0.25, 0.3) is 0 Å². The van der Waals surface area contributed by atoms with Crippen molar-refractivity contribution < 1.29 is 9.47 Å². The van der Waals surface area contributed by atoms with Crippen molar-refractivity contribution in [2.24, 2.45) is 0 Å². The summed E-state index contributed by atoms with van der Waals surface area (Å²) in [5.74, 6) is 1.38. The largest absolute Gasteiger partial charge is 0.493 e. The Bertz CT molecular complexity index is 809. The molecule has 0 unspecified atom stereocenters. The van der Waals surface area contributed by atoms with Gasteiger partial charge in [-0.15, -0.1) is 0 Å². The molecule has 0 amide bonds. The quantitative estimate of drug-likeness (QED) is 0.803. The lowest BCUT2D eigenvalue weighted by molar-refractivity contribution is 0.355.